The number of aryl methyl sites for hydroxylation is 2. The van der Waals surface area contributed by atoms with Crippen LogP contribution in [0.4, 0.5) is 0 Å². The largest absolute Gasteiger partial charge is 0.466 e. The molecule has 8 heteroatoms. The number of hydrogen-bond donors (Lipinski definition) is 2. The van der Waals surface area contributed by atoms with Crippen LogP contribution in [0, 0.1) is 13.8 Å². The van der Waals surface area contributed by atoms with Crippen molar-refractivity contribution in [2.24, 2.45) is 5.73 Å². The second kappa shape index (κ2) is 8.09. The van der Waals surface area contributed by atoms with Gasteiger partial charge in [-0.3, -0.25) is 4.79 Å². The van der Waals surface area contributed by atoms with Crippen molar-refractivity contribution < 1.29 is 17.9 Å². The fourth-order valence-electron chi connectivity index (χ4n) is 2.19. The van der Waals surface area contributed by atoms with Gasteiger partial charge in [0.15, 0.2) is 0 Å². The third kappa shape index (κ3) is 4.78. The summed E-state index contributed by atoms with van der Waals surface area (Å²) in [6.45, 7) is 7.16. The van der Waals surface area contributed by atoms with Crippen LogP contribution in [-0.4, -0.2) is 45.3 Å². The van der Waals surface area contributed by atoms with Crippen LogP contribution in [-0.2, 0) is 14.8 Å². The van der Waals surface area contributed by atoms with Crippen molar-refractivity contribution in [3.63, 3.8) is 0 Å². The molecule has 0 aromatic heterocycles. The first-order valence-corrected chi connectivity index (χ1v) is 8.50. The molecule has 0 bridgehead atoms. The van der Waals surface area contributed by atoms with Crippen molar-refractivity contribution in [3.05, 3.63) is 36.1 Å². The number of sulfonamides is 1. The molecule has 0 heterocycles. The lowest BCUT2D eigenvalue weighted by atomic mass is 10.1. The van der Waals surface area contributed by atoms with Crippen LogP contribution in [0.2, 0.25) is 0 Å². The van der Waals surface area contributed by atoms with E-state index < -0.39 is 15.9 Å². The first-order chi connectivity index (χ1) is 10.7. The van der Waals surface area contributed by atoms with Gasteiger partial charge < -0.3 is 15.8 Å². The van der Waals surface area contributed by atoms with E-state index in [9.17, 15) is 13.2 Å². The zero-order valence-corrected chi connectivity index (χ0v) is 14.4. The highest BCUT2D eigenvalue weighted by Gasteiger charge is 2.26. The first kappa shape index (κ1) is 19.1. The number of hydrogen-bond acceptors (Lipinski definition) is 5. The van der Waals surface area contributed by atoms with Gasteiger partial charge in [0.25, 0.3) is 0 Å². The highest BCUT2D eigenvalue weighted by Crippen LogP contribution is 2.27. The van der Waals surface area contributed by atoms with Crippen LogP contribution in [0.5, 0.6) is 5.75 Å². The normalized spacial score (nSPS) is 11.3. The maximum atomic E-state index is 12.7. The number of ether oxygens (including phenoxy) is 1. The van der Waals surface area contributed by atoms with Gasteiger partial charge in [-0.05, 0) is 37.1 Å². The third-order valence-corrected chi connectivity index (χ3v) is 5.26. The Morgan fingerprint density at radius 1 is 1.39 bits per heavy atom. The Bertz CT molecular complexity index is 663. The molecule has 7 nitrogen and oxygen atoms in total. The van der Waals surface area contributed by atoms with Crippen molar-refractivity contribution in [3.8, 4) is 5.75 Å². The summed E-state index contributed by atoms with van der Waals surface area (Å²) in [5.74, 6) is 0.112. The molecule has 1 amide bonds. The monoisotopic (exact) mass is 341 g/mol. The van der Waals surface area contributed by atoms with Gasteiger partial charge >= 0.3 is 0 Å². The molecule has 0 saturated carbocycles. The number of amides is 1. The summed E-state index contributed by atoms with van der Waals surface area (Å²) in [6, 6.07) is 3.23. The van der Waals surface area contributed by atoms with E-state index in [0.29, 0.717) is 30.0 Å². The summed E-state index contributed by atoms with van der Waals surface area (Å²) in [4.78, 5) is 11.9. The average Bonchev–Trinajstić information content (AvgIpc) is 2.44. The molecule has 0 unspecified atom stereocenters. The van der Waals surface area contributed by atoms with Gasteiger partial charge in [0.2, 0.25) is 15.9 Å². The van der Waals surface area contributed by atoms with E-state index >= 15 is 0 Å². The van der Waals surface area contributed by atoms with Crippen molar-refractivity contribution in [2.45, 2.75) is 18.7 Å². The minimum atomic E-state index is -3.79. The second-order valence-electron chi connectivity index (χ2n) is 5.07. The van der Waals surface area contributed by atoms with Crippen LogP contribution in [0.1, 0.15) is 11.1 Å². The highest BCUT2D eigenvalue weighted by molar-refractivity contribution is 7.89. The lowest BCUT2D eigenvalue weighted by Crippen LogP contribution is -2.40. The zero-order chi connectivity index (χ0) is 17.6. The minimum absolute atomic E-state index is 0.169. The molecule has 0 fully saturated rings. The maximum Gasteiger partial charge on any atom is 0.243 e. The number of carbonyl (C=O) groups excluding carboxylic acids is 1. The topological polar surface area (TPSA) is 102 Å². The first-order valence-electron chi connectivity index (χ1n) is 7.06. The predicted molar refractivity (Wildman–Crippen MR) is 88.6 cm³/mol. The molecule has 0 spiro atoms. The lowest BCUT2D eigenvalue weighted by molar-refractivity contribution is -0.121. The zero-order valence-electron chi connectivity index (χ0n) is 13.6. The molecule has 23 heavy (non-hydrogen) atoms. The Kier molecular flexibility index (Phi) is 6.74. The van der Waals surface area contributed by atoms with Crippen LogP contribution >= 0.6 is 0 Å². The minimum Gasteiger partial charge on any atom is -0.466 e. The van der Waals surface area contributed by atoms with Crippen LogP contribution in [0.25, 0.3) is 0 Å². The standard InChI is InChI=1S/C15H23N3O4S/c1-5-22-13-8-11(2)15(12(3)9-13)23(20,21)18(4)10-14(19)17-7-6-16/h5,8-9H,1,6-7,10,16H2,2-4H3,(H,17,19). The van der Waals surface area contributed by atoms with Crippen molar-refractivity contribution >= 4 is 15.9 Å². The number of benzene rings is 1. The Morgan fingerprint density at radius 3 is 2.43 bits per heavy atom. The lowest BCUT2D eigenvalue weighted by Gasteiger charge is -2.20. The van der Waals surface area contributed by atoms with Gasteiger partial charge in [-0.1, -0.05) is 6.58 Å². The number of nitrogens with zero attached hydrogens (tertiary/aromatic N) is 1. The molecular formula is C15H23N3O4S. The Hall–Kier alpha value is -1.90. The number of carbonyl (C=O) groups is 1. The molecule has 3 N–H and O–H groups in total. The van der Waals surface area contributed by atoms with Crippen LogP contribution < -0.4 is 15.8 Å². The molecule has 1 rings (SSSR count). The summed E-state index contributed by atoms with van der Waals surface area (Å²) in [5.41, 5.74) is 6.37. The molecule has 0 radical (unpaired) electrons. The summed E-state index contributed by atoms with van der Waals surface area (Å²) in [5, 5.41) is 2.54. The van der Waals surface area contributed by atoms with E-state index in [0.717, 1.165) is 4.31 Å². The molecule has 128 valence electrons. The number of nitrogens with one attached hydrogen (secondary N) is 1. The van der Waals surface area contributed by atoms with Crippen molar-refractivity contribution in [1.29, 1.82) is 0 Å². The van der Waals surface area contributed by atoms with Gasteiger partial charge in [-0.15, -0.1) is 0 Å². The molecule has 1 aromatic carbocycles. The fourth-order valence-corrected chi connectivity index (χ4v) is 3.72. The highest BCUT2D eigenvalue weighted by atomic mass is 32.2. The SMILES string of the molecule is C=COc1cc(C)c(S(=O)(=O)N(C)CC(=O)NCCN)c(C)c1. The van der Waals surface area contributed by atoms with Gasteiger partial charge in [0, 0.05) is 20.1 Å². The van der Waals surface area contributed by atoms with Crippen molar-refractivity contribution in [1.82, 2.24) is 9.62 Å². The predicted octanol–water partition coefficient (Wildman–Crippen LogP) is 0.521. The average molecular weight is 341 g/mol. The van der Waals surface area contributed by atoms with E-state index in [4.69, 9.17) is 10.5 Å². The number of rotatable bonds is 8. The van der Waals surface area contributed by atoms with E-state index in [-0.39, 0.29) is 11.4 Å². The molecule has 0 atom stereocenters. The molecular weight excluding hydrogens is 318 g/mol. The fraction of sp³-hybridized carbons (Fsp3) is 0.400. The Balaban J connectivity index is 3.08. The molecule has 0 aliphatic heterocycles. The maximum absolute atomic E-state index is 12.7. The number of nitrogens with two attached hydrogens (primary N) is 1. The summed E-state index contributed by atoms with van der Waals surface area (Å²) in [6.07, 6.45) is 1.27. The number of likely N-dealkylation sites (N-methyl/N-ethyl adjacent to an activating group) is 1. The summed E-state index contributed by atoms with van der Waals surface area (Å²) < 4.78 is 31.6. The summed E-state index contributed by atoms with van der Waals surface area (Å²) in [7, 11) is -2.43. The Labute approximate surface area is 137 Å². The van der Waals surface area contributed by atoms with E-state index in [2.05, 4.69) is 11.9 Å². The second-order valence-corrected chi connectivity index (χ2v) is 7.05. The van der Waals surface area contributed by atoms with Crippen LogP contribution in [0.3, 0.4) is 0 Å². The molecule has 0 saturated heterocycles. The molecule has 0 aliphatic rings. The quantitative estimate of drug-likeness (QED) is 0.671. The van der Waals surface area contributed by atoms with Gasteiger partial charge in [0.1, 0.15) is 5.75 Å². The van der Waals surface area contributed by atoms with Gasteiger partial charge in [-0.2, -0.15) is 4.31 Å². The van der Waals surface area contributed by atoms with E-state index in [1.54, 1.807) is 26.0 Å². The molecule has 1 aromatic rings. The van der Waals surface area contributed by atoms with E-state index in [1.807, 2.05) is 0 Å². The smallest absolute Gasteiger partial charge is 0.243 e. The summed E-state index contributed by atoms with van der Waals surface area (Å²) >= 11 is 0. The van der Waals surface area contributed by atoms with E-state index in [1.165, 1.54) is 13.3 Å². The Morgan fingerprint density at radius 2 is 1.96 bits per heavy atom. The van der Waals surface area contributed by atoms with Gasteiger partial charge in [0.05, 0.1) is 17.7 Å². The van der Waals surface area contributed by atoms with Crippen molar-refractivity contribution in [2.75, 3.05) is 26.7 Å². The van der Waals surface area contributed by atoms with Gasteiger partial charge in [-0.25, -0.2) is 8.42 Å². The third-order valence-electron chi connectivity index (χ3n) is 3.15. The van der Waals surface area contributed by atoms with Crippen LogP contribution in [0.15, 0.2) is 29.9 Å². The molecule has 0 aliphatic carbocycles.